The van der Waals surface area contributed by atoms with Crippen molar-refractivity contribution >= 4 is 27.5 Å². The van der Waals surface area contributed by atoms with Crippen molar-refractivity contribution < 1.29 is 21.0 Å². The van der Waals surface area contributed by atoms with E-state index in [1.54, 1.807) is 0 Å². The van der Waals surface area contributed by atoms with Gasteiger partial charge >= 0.3 is 101 Å². The van der Waals surface area contributed by atoms with Crippen molar-refractivity contribution in [1.29, 1.82) is 0 Å². The van der Waals surface area contributed by atoms with Gasteiger partial charge in [0.05, 0.1) is 0 Å². The van der Waals surface area contributed by atoms with Crippen molar-refractivity contribution in [2.75, 3.05) is 0 Å². The van der Waals surface area contributed by atoms with Gasteiger partial charge in [-0.05, 0) is 0 Å². The van der Waals surface area contributed by atoms with Crippen LogP contribution >= 0.6 is 0 Å². The Morgan fingerprint density at radius 3 is 2.31 bits per heavy atom. The van der Waals surface area contributed by atoms with Gasteiger partial charge in [-0.1, -0.05) is 0 Å². The Kier molecular flexibility index (Phi) is 4.64. The third-order valence-corrected chi connectivity index (χ3v) is 4.58. The summed E-state index contributed by atoms with van der Waals surface area (Å²) in [6.45, 7) is 1.33. The number of carbonyl (C=O) groups is 1. The van der Waals surface area contributed by atoms with Crippen molar-refractivity contribution in [2.24, 2.45) is 0 Å². The zero-order valence-corrected chi connectivity index (χ0v) is 11.3. The van der Waals surface area contributed by atoms with Gasteiger partial charge in [0.25, 0.3) is 0 Å². The summed E-state index contributed by atoms with van der Waals surface area (Å²) in [7, 11) is 0. The van der Waals surface area contributed by atoms with E-state index < -0.39 is 33.3 Å². The van der Waals surface area contributed by atoms with Gasteiger partial charge in [0.15, 0.2) is 0 Å². The van der Waals surface area contributed by atoms with E-state index in [1.807, 2.05) is 0 Å². The molecule has 0 saturated heterocycles. The SMILES string of the molecule is CC(=O)[O][Sn][CH2]c1ccc(C(F)(F)F)cc1. The van der Waals surface area contributed by atoms with Crippen LogP contribution in [-0.4, -0.2) is 27.5 Å². The van der Waals surface area contributed by atoms with Gasteiger partial charge in [-0.3, -0.25) is 0 Å². The molecular formula is C10H9F3O2Sn. The Morgan fingerprint density at radius 1 is 1.31 bits per heavy atom. The minimum atomic E-state index is -4.30. The number of rotatable bonds is 3. The molecule has 2 radical (unpaired) electrons. The summed E-state index contributed by atoms with van der Waals surface area (Å²) < 4.78 is 42.1. The molecule has 0 saturated carbocycles. The van der Waals surface area contributed by atoms with E-state index in [9.17, 15) is 18.0 Å². The number of carbonyl (C=O) groups excluding carboxylic acids is 1. The Hall–Kier alpha value is -0.721. The van der Waals surface area contributed by atoms with E-state index >= 15 is 0 Å². The molecule has 1 aromatic rings. The molecule has 0 aliphatic carbocycles. The molecule has 1 rings (SSSR count). The molecule has 0 atom stereocenters. The maximum absolute atomic E-state index is 12.2. The molecule has 0 amide bonds. The van der Waals surface area contributed by atoms with Crippen LogP contribution in [0.15, 0.2) is 24.3 Å². The number of benzene rings is 1. The van der Waals surface area contributed by atoms with Gasteiger partial charge < -0.3 is 0 Å². The van der Waals surface area contributed by atoms with Crippen molar-refractivity contribution in [1.82, 2.24) is 0 Å². The first kappa shape index (κ1) is 13.3. The van der Waals surface area contributed by atoms with Crippen LogP contribution in [0.2, 0.25) is 0 Å². The second kappa shape index (κ2) is 5.56. The third kappa shape index (κ3) is 4.42. The molecule has 1 aromatic carbocycles. The standard InChI is InChI=1S/C8H6F3.C2H4O2.Sn/c1-6-2-4-7(5-3-6)8(9,10)11;1-2(3)4;/h2-5H,1H2;1H3,(H,3,4);/q;;+1/p-1. The van der Waals surface area contributed by atoms with E-state index in [1.165, 1.54) is 19.1 Å². The van der Waals surface area contributed by atoms with Crippen LogP contribution in [0.25, 0.3) is 0 Å². The fourth-order valence-corrected chi connectivity index (χ4v) is 2.97. The van der Waals surface area contributed by atoms with E-state index in [0.717, 1.165) is 17.7 Å². The summed E-state index contributed by atoms with van der Waals surface area (Å²) in [6, 6.07) is 4.94. The Bertz CT molecular complexity index is 359. The van der Waals surface area contributed by atoms with E-state index in [-0.39, 0.29) is 5.97 Å². The number of hydrogen-bond acceptors (Lipinski definition) is 2. The average Bonchev–Trinajstić information content (AvgIpc) is 2.16. The number of alkyl halides is 3. The second-order valence-corrected chi connectivity index (χ2v) is 5.53. The van der Waals surface area contributed by atoms with E-state index in [2.05, 4.69) is 0 Å². The third-order valence-electron chi connectivity index (χ3n) is 1.77. The molecular weight excluding hydrogens is 328 g/mol. The summed E-state index contributed by atoms with van der Waals surface area (Å²) in [6.07, 6.45) is -4.30. The molecule has 16 heavy (non-hydrogen) atoms. The summed E-state index contributed by atoms with van der Waals surface area (Å²) >= 11 is -1.28. The maximum atomic E-state index is 12.2. The fourth-order valence-electron chi connectivity index (χ4n) is 1.03. The van der Waals surface area contributed by atoms with E-state index in [0.29, 0.717) is 4.44 Å². The van der Waals surface area contributed by atoms with Gasteiger partial charge in [-0.2, -0.15) is 0 Å². The molecule has 0 aliphatic rings. The molecule has 6 heteroatoms. The molecule has 2 nitrogen and oxygen atoms in total. The Balaban J connectivity index is 2.55. The van der Waals surface area contributed by atoms with Crippen LogP contribution < -0.4 is 0 Å². The molecule has 0 aliphatic heterocycles. The Labute approximate surface area is 102 Å². The quantitative estimate of drug-likeness (QED) is 0.792. The van der Waals surface area contributed by atoms with Crippen molar-refractivity contribution in [2.45, 2.75) is 17.5 Å². The van der Waals surface area contributed by atoms with Crippen LogP contribution in [0.4, 0.5) is 13.2 Å². The van der Waals surface area contributed by atoms with E-state index in [4.69, 9.17) is 3.07 Å². The van der Waals surface area contributed by atoms with Gasteiger partial charge in [0.2, 0.25) is 0 Å². The van der Waals surface area contributed by atoms with Gasteiger partial charge in [-0.15, -0.1) is 0 Å². The molecule has 0 spiro atoms. The van der Waals surface area contributed by atoms with Crippen LogP contribution in [-0.2, 0) is 18.5 Å². The molecule has 0 N–H and O–H groups in total. The summed E-state index contributed by atoms with van der Waals surface area (Å²) in [5, 5.41) is 0. The van der Waals surface area contributed by atoms with Crippen molar-refractivity contribution in [3.63, 3.8) is 0 Å². The first-order valence-electron chi connectivity index (χ1n) is 4.46. The van der Waals surface area contributed by atoms with Crippen LogP contribution in [0.5, 0.6) is 0 Å². The molecule has 0 bridgehead atoms. The normalized spacial score (nSPS) is 11.2. The van der Waals surface area contributed by atoms with Gasteiger partial charge in [-0.25, -0.2) is 0 Å². The zero-order chi connectivity index (χ0) is 12.2. The van der Waals surface area contributed by atoms with Crippen molar-refractivity contribution in [3.8, 4) is 0 Å². The summed E-state index contributed by atoms with van der Waals surface area (Å²) in [5.74, 6) is -0.321. The van der Waals surface area contributed by atoms with Crippen LogP contribution in [0.1, 0.15) is 18.1 Å². The second-order valence-electron chi connectivity index (χ2n) is 3.11. The molecule has 0 fully saturated rings. The van der Waals surface area contributed by atoms with Crippen LogP contribution in [0, 0.1) is 0 Å². The van der Waals surface area contributed by atoms with Gasteiger partial charge in [0, 0.05) is 0 Å². The molecule has 0 unspecified atom stereocenters. The topological polar surface area (TPSA) is 26.3 Å². The number of hydrogen-bond donors (Lipinski definition) is 0. The number of halogens is 3. The molecule has 86 valence electrons. The first-order valence-corrected chi connectivity index (χ1v) is 7.64. The minimum absolute atomic E-state index is 0.321. The van der Waals surface area contributed by atoms with Crippen molar-refractivity contribution in [3.05, 3.63) is 35.4 Å². The summed E-state index contributed by atoms with van der Waals surface area (Å²) in [5.41, 5.74) is 0.120. The fraction of sp³-hybridized carbons (Fsp3) is 0.300. The zero-order valence-electron chi connectivity index (χ0n) is 8.47. The monoisotopic (exact) mass is 338 g/mol. The predicted molar refractivity (Wildman–Crippen MR) is 52.7 cm³/mol. The Morgan fingerprint density at radius 2 is 1.88 bits per heavy atom. The van der Waals surface area contributed by atoms with Crippen LogP contribution in [0.3, 0.4) is 0 Å². The summed E-state index contributed by atoms with van der Waals surface area (Å²) in [4.78, 5) is 10.5. The molecule has 0 heterocycles. The average molecular weight is 337 g/mol. The first-order chi connectivity index (χ1) is 7.39. The molecule has 0 aromatic heterocycles. The van der Waals surface area contributed by atoms with Gasteiger partial charge in [0.1, 0.15) is 0 Å². The predicted octanol–water partition coefficient (Wildman–Crippen LogP) is 2.39.